The molecule has 0 unspecified atom stereocenters. The number of rotatable bonds is 6. The highest BCUT2D eigenvalue weighted by Crippen LogP contribution is 2.33. The smallest absolute Gasteiger partial charge is 0.196 e. The summed E-state index contributed by atoms with van der Waals surface area (Å²) in [5, 5.41) is 22.3. The van der Waals surface area contributed by atoms with Gasteiger partial charge in [0.15, 0.2) is 5.70 Å². The molecule has 0 atom stereocenters. The van der Waals surface area contributed by atoms with E-state index in [1.165, 1.54) is 0 Å². The van der Waals surface area contributed by atoms with Crippen LogP contribution in [0.1, 0.15) is 33.4 Å². The third-order valence-corrected chi connectivity index (χ3v) is 7.58. The molecule has 4 rings (SSSR count). The van der Waals surface area contributed by atoms with Crippen molar-refractivity contribution >= 4 is 105 Å². The summed E-state index contributed by atoms with van der Waals surface area (Å²) < 4.78 is 0. The normalized spacial score (nSPS) is 11.9. The molecule has 0 fully saturated rings. The summed E-state index contributed by atoms with van der Waals surface area (Å²) in [5.41, 5.74) is 4.21. The van der Waals surface area contributed by atoms with Gasteiger partial charge in [-0.1, -0.05) is 87.8 Å². The van der Waals surface area contributed by atoms with Crippen molar-refractivity contribution < 1.29 is 0 Å². The number of benzene rings is 4. The molecule has 4 aromatic carbocycles. The monoisotopic (exact) mass is 663 g/mol. The summed E-state index contributed by atoms with van der Waals surface area (Å²) >= 11 is 37.3. The summed E-state index contributed by atoms with van der Waals surface area (Å²) in [6, 6.07) is 24.4. The fraction of sp³-hybridized carbons (Fsp3) is 0. The Morgan fingerprint density at radius 3 is 1.24 bits per heavy atom. The summed E-state index contributed by atoms with van der Waals surface area (Å²) in [7, 11) is 0. The number of nitriles is 2. The molecule has 0 aliphatic rings. The zero-order valence-corrected chi connectivity index (χ0v) is 25.8. The van der Waals surface area contributed by atoms with Crippen LogP contribution in [-0.2, 0) is 0 Å². The number of hydrogen-bond acceptors (Lipinski definition) is 2. The Morgan fingerprint density at radius 2 is 0.905 bits per heavy atom. The predicted molar refractivity (Wildman–Crippen MR) is 177 cm³/mol. The molecule has 0 amide bonds. The molecule has 0 N–H and O–H groups in total. The van der Waals surface area contributed by atoms with Gasteiger partial charge in [0.05, 0.1) is 39.9 Å². The lowest BCUT2D eigenvalue weighted by Crippen LogP contribution is -1.89. The summed E-state index contributed by atoms with van der Waals surface area (Å²) in [6.07, 6.45) is 5.00. The second-order valence-corrected chi connectivity index (χ2v) is 11.3. The molecule has 0 aromatic heterocycles. The molecule has 0 heterocycles. The SMILES string of the molecule is [C-]#[N+]/C(=C\c1cc(/C=C(\C#N)c2ccc(Cl)cc2Cl)cc(/C=C(\C#N)c2ccc(Cl)cc2Cl)c1)c1ccc(Cl)cc1Cl. The molecule has 3 nitrogen and oxygen atoms in total. The van der Waals surface area contributed by atoms with Crippen molar-refractivity contribution in [2.75, 3.05) is 0 Å². The van der Waals surface area contributed by atoms with Crippen LogP contribution in [0.15, 0.2) is 72.8 Å². The van der Waals surface area contributed by atoms with Crippen LogP contribution < -0.4 is 0 Å². The highest BCUT2D eigenvalue weighted by Gasteiger charge is 2.12. The van der Waals surface area contributed by atoms with Gasteiger partial charge in [-0.05, 0) is 95.1 Å². The van der Waals surface area contributed by atoms with Crippen molar-refractivity contribution in [2.24, 2.45) is 0 Å². The largest absolute Gasteiger partial charge is 0.237 e. The van der Waals surface area contributed by atoms with Gasteiger partial charge in [0.1, 0.15) is 0 Å². The first kappa shape index (κ1) is 31.3. The van der Waals surface area contributed by atoms with E-state index in [2.05, 4.69) is 17.0 Å². The quantitative estimate of drug-likeness (QED) is 0.117. The first-order valence-corrected chi connectivity index (χ1v) is 14.2. The van der Waals surface area contributed by atoms with Crippen LogP contribution in [0.25, 0.3) is 39.9 Å². The van der Waals surface area contributed by atoms with Gasteiger partial charge in [-0.2, -0.15) is 10.5 Å². The lowest BCUT2D eigenvalue weighted by atomic mass is 9.97. The minimum absolute atomic E-state index is 0.273. The fourth-order valence-corrected chi connectivity index (χ4v) is 5.59. The predicted octanol–water partition coefficient (Wildman–Crippen LogP) is 12.2. The van der Waals surface area contributed by atoms with E-state index in [0.717, 1.165) is 0 Å². The fourth-order valence-electron chi connectivity index (χ4n) is 4.07. The third-order valence-electron chi connectivity index (χ3n) is 5.94. The van der Waals surface area contributed by atoms with Crippen LogP contribution >= 0.6 is 69.6 Å². The highest BCUT2D eigenvalue weighted by molar-refractivity contribution is 6.37. The van der Waals surface area contributed by atoms with Crippen LogP contribution in [0.2, 0.25) is 30.1 Å². The van der Waals surface area contributed by atoms with Gasteiger partial charge in [-0.15, -0.1) is 0 Å². The molecule has 204 valence electrons. The Morgan fingerprint density at radius 1 is 0.548 bits per heavy atom. The molecule has 42 heavy (non-hydrogen) atoms. The van der Waals surface area contributed by atoms with Gasteiger partial charge in [0, 0.05) is 31.2 Å². The van der Waals surface area contributed by atoms with Crippen LogP contribution in [0, 0.1) is 29.2 Å². The zero-order valence-electron chi connectivity index (χ0n) is 21.3. The average molecular weight is 666 g/mol. The first-order valence-electron chi connectivity index (χ1n) is 12.0. The van der Waals surface area contributed by atoms with E-state index in [-0.39, 0.29) is 5.70 Å². The summed E-state index contributed by atoms with van der Waals surface area (Å²) in [4.78, 5) is 3.68. The van der Waals surface area contributed by atoms with E-state index in [0.29, 0.717) is 74.7 Å². The molecular weight excluding hydrogens is 651 g/mol. The van der Waals surface area contributed by atoms with Crippen molar-refractivity contribution in [3.05, 3.63) is 148 Å². The lowest BCUT2D eigenvalue weighted by molar-refractivity contribution is 1.51. The Hall–Kier alpha value is -3.69. The maximum Gasteiger partial charge on any atom is 0.196 e. The number of halogens is 6. The number of nitrogens with zero attached hydrogens (tertiary/aromatic N) is 3. The molecule has 0 saturated carbocycles. The summed E-state index contributed by atoms with van der Waals surface area (Å²) in [5.74, 6) is 0. The molecule has 0 bridgehead atoms. The standard InChI is InChI=1S/C33H15Cl6N3/c1-42-33(29-7-4-26(36)16-32(29)39)13-21-9-19(11-22(17-40)27-5-2-24(34)14-30(27)37)8-20(10-21)12-23(18-41)28-6-3-25(35)15-31(28)38/h2-16H/b22-11+,23-12+,33-13-. The zero-order chi connectivity index (χ0) is 30.4. The maximum atomic E-state index is 9.98. The van der Waals surface area contributed by atoms with E-state index in [4.69, 9.17) is 76.2 Å². The number of allylic oxidation sites excluding steroid dienone is 2. The Balaban J connectivity index is 1.93. The second kappa shape index (κ2) is 14.0. The molecule has 9 heteroatoms. The minimum Gasteiger partial charge on any atom is -0.237 e. The van der Waals surface area contributed by atoms with E-state index in [1.807, 2.05) is 0 Å². The van der Waals surface area contributed by atoms with Gasteiger partial charge in [0.25, 0.3) is 0 Å². The van der Waals surface area contributed by atoms with Crippen LogP contribution in [0.4, 0.5) is 0 Å². The molecule has 4 aromatic rings. The van der Waals surface area contributed by atoms with Crippen molar-refractivity contribution in [1.82, 2.24) is 0 Å². The minimum atomic E-state index is 0.273. The highest BCUT2D eigenvalue weighted by atomic mass is 35.5. The van der Waals surface area contributed by atoms with E-state index in [1.54, 1.807) is 91.0 Å². The maximum absolute atomic E-state index is 9.98. The van der Waals surface area contributed by atoms with Gasteiger partial charge in [-0.3, -0.25) is 0 Å². The molecule has 0 aliphatic heterocycles. The second-order valence-electron chi connectivity index (χ2n) is 8.79. The Kier molecular flexibility index (Phi) is 10.4. The lowest BCUT2D eigenvalue weighted by Gasteiger charge is -2.08. The van der Waals surface area contributed by atoms with Crippen LogP contribution in [0.5, 0.6) is 0 Å². The van der Waals surface area contributed by atoms with E-state index in [9.17, 15) is 10.5 Å². The van der Waals surface area contributed by atoms with E-state index < -0.39 is 0 Å². The van der Waals surface area contributed by atoms with Crippen LogP contribution in [-0.4, -0.2) is 0 Å². The summed E-state index contributed by atoms with van der Waals surface area (Å²) in [6.45, 7) is 7.80. The third kappa shape index (κ3) is 7.57. The molecular formula is C33H15Cl6N3. The van der Waals surface area contributed by atoms with Gasteiger partial charge >= 0.3 is 0 Å². The van der Waals surface area contributed by atoms with Crippen molar-refractivity contribution in [2.45, 2.75) is 0 Å². The number of hydrogen-bond donors (Lipinski definition) is 0. The first-order chi connectivity index (χ1) is 20.1. The Bertz CT molecular complexity index is 1700. The van der Waals surface area contributed by atoms with Crippen LogP contribution in [0.3, 0.4) is 0 Å². The topological polar surface area (TPSA) is 51.9 Å². The average Bonchev–Trinajstić information content (AvgIpc) is 2.94. The van der Waals surface area contributed by atoms with E-state index >= 15 is 0 Å². The van der Waals surface area contributed by atoms with Crippen molar-refractivity contribution in [3.63, 3.8) is 0 Å². The molecule has 0 radical (unpaired) electrons. The van der Waals surface area contributed by atoms with Gasteiger partial charge in [0.2, 0.25) is 0 Å². The molecule has 0 saturated heterocycles. The van der Waals surface area contributed by atoms with Gasteiger partial charge in [-0.25, -0.2) is 4.85 Å². The Labute approximate surface area is 273 Å². The van der Waals surface area contributed by atoms with Crippen molar-refractivity contribution in [3.8, 4) is 12.1 Å². The van der Waals surface area contributed by atoms with Crippen molar-refractivity contribution in [1.29, 1.82) is 10.5 Å². The molecule has 0 spiro atoms. The molecule has 0 aliphatic carbocycles. The van der Waals surface area contributed by atoms with Gasteiger partial charge < -0.3 is 0 Å².